The SMILES string of the molecule is COc1ccc(CN2CCC[C@@H]2c2cccc(F)c2)cc1. The molecule has 1 fully saturated rings. The van der Waals surface area contributed by atoms with Gasteiger partial charge >= 0.3 is 0 Å². The molecule has 110 valence electrons. The number of hydrogen-bond acceptors (Lipinski definition) is 2. The van der Waals surface area contributed by atoms with Gasteiger partial charge in [-0.05, 0) is 54.8 Å². The van der Waals surface area contributed by atoms with Gasteiger partial charge in [0.1, 0.15) is 11.6 Å². The van der Waals surface area contributed by atoms with E-state index in [2.05, 4.69) is 17.0 Å². The van der Waals surface area contributed by atoms with E-state index < -0.39 is 0 Å². The lowest BCUT2D eigenvalue weighted by Gasteiger charge is -2.25. The second-order valence-electron chi connectivity index (χ2n) is 5.53. The first-order chi connectivity index (χ1) is 10.3. The van der Waals surface area contributed by atoms with Gasteiger partial charge < -0.3 is 4.74 Å². The predicted octanol–water partition coefficient (Wildman–Crippen LogP) is 4.17. The Morgan fingerprint density at radius 2 is 2.00 bits per heavy atom. The second kappa shape index (κ2) is 6.27. The first-order valence-corrected chi connectivity index (χ1v) is 7.39. The number of likely N-dealkylation sites (tertiary alicyclic amines) is 1. The Labute approximate surface area is 125 Å². The summed E-state index contributed by atoms with van der Waals surface area (Å²) in [4.78, 5) is 2.43. The molecule has 3 rings (SSSR count). The standard InChI is InChI=1S/C18H20FNO/c1-21-17-9-7-14(8-10-17)13-20-11-3-6-18(20)15-4-2-5-16(19)12-15/h2,4-5,7-10,12,18H,3,6,11,13H2,1H3/t18-/m1/s1. The lowest BCUT2D eigenvalue weighted by molar-refractivity contribution is 0.248. The van der Waals surface area contributed by atoms with Gasteiger partial charge in [-0.15, -0.1) is 0 Å². The van der Waals surface area contributed by atoms with Gasteiger partial charge in [-0.2, -0.15) is 0 Å². The zero-order valence-corrected chi connectivity index (χ0v) is 12.3. The maximum Gasteiger partial charge on any atom is 0.123 e. The Balaban J connectivity index is 1.74. The third-order valence-electron chi connectivity index (χ3n) is 4.14. The molecule has 1 saturated heterocycles. The van der Waals surface area contributed by atoms with Gasteiger partial charge in [0.05, 0.1) is 7.11 Å². The van der Waals surface area contributed by atoms with Gasteiger partial charge in [-0.25, -0.2) is 4.39 Å². The molecule has 1 aliphatic heterocycles. The minimum Gasteiger partial charge on any atom is -0.497 e. The van der Waals surface area contributed by atoms with E-state index in [1.54, 1.807) is 19.2 Å². The highest BCUT2D eigenvalue weighted by Gasteiger charge is 2.26. The molecule has 0 aromatic heterocycles. The zero-order valence-electron chi connectivity index (χ0n) is 12.3. The molecule has 2 nitrogen and oxygen atoms in total. The van der Waals surface area contributed by atoms with Crippen molar-refractivity contribution in [3.05, 3.63) is 65.5 Å². The molecule has 2 aromatic rings. The van der Waals surface area contributed by atoms with Gasteiger partial charge in [-0.3, -0.25) is 4.90 Å². The Bertz CT molecular complexity index is 596. The van der Waals surface area contributed by atoms with Crippen LogP contribution in [-0.2, 0) is 6.54 Å². The van der Waals surface area contributed by atoms with Crippen LogP contribution in [-0.4, -0.2) is 18.6 Å². The van der Waals surface area contributed by atoms with Crippen LogP contribution in [0.5, 0.6) is 5.75 Å². The van der Waals surface area contributed by atoms with E-state index in [9.17, 15) is 4.39 Å². The van der Waals surface area contributed by atoms with Crippen molar-refractivity contribution < 1.29 is 9.13 Å². The summed E-state index contributed by atoms with van der Waals surface area (Å²) in [7, 11) is 1.68. The fourth-order valence-electron chi connectivity index (χ4n) is 3.07. The number of methoxy groups -OCH3 is 1. The van der Waals surface area contributed by atoms with Crippen molar-refractivity contribution in [3.63, 3.8) is 0 Å². The molecule has 0 bridgehead atoms. The van der Waals surface area contributed by atoms with Crippen LogP contribution in [0.15, 0.2) is 48.5 Å². The summed E-state index contributed by atoms with van der Waals surface area (Å²) in [6.07, 6.45) is 2.26. The van der Waals surface area contributed by atoms with Crippen molar-refractivity contribution in [1.29, 1.82) is 0 Å². The Morgan fingerprint density at radius 1 is 1.19 bits per heavy atom. The van der Waals surface area contributed by atoms with Gasteiger partial charge in [0.15, 0.2) is 0 Å². The molecule has 2 aromatic carbocycles. The van der Waals surface area contributed by atoms with Crippen LogP contribution >= 0.6 is 0 Å². The maximum absolute atomic E-state index is 13.4. The van der Waals surface area contributed by atoms with Crippen LogP contribution in [0.25, 0.3) is 0 Å². The Kier molecular flexibility index (Phi) is 4.20. The quantitative estimate of drug-likeness (QED) is 0.836. The number of rotatable bonds is 4. The van der Waals surface area contributed by atoms with E-state index >= 15 is 0 Å². The highest BCUT2D eigenvalue weighted by atomic mass is 19.1. The summed E-state index contributed by atoms with van der Waals surface area (Å²) < 4.78 is 18.6. The van der Waals surface area contributed by atoms with Crippen LogP contribution in [0.4, 0.5) is 4.39 Å². The average molecular weight is 285 g/mol. The molecule has 1 aliphatic rings. The summed E-state index contributed by atoms with van der Waals surface area (Å²) in [5.74, 6) is 0.727. The van der Waals surface area contributed by atoms with Crippen molar-refractivity contribution in [2.75, 3.05) is 13.7 Å². The lowest BCUT2D eigenvalue weighted by Crippen LogP contribution is -2.22. The van der Waals surface area contributed by atoms with Crippen LogP contribution in [0.2, 0.25) is 0 Å². The first-order valence-electron chi connectivity index (χ1n) is 7.39. The third kappa shape index (κ3) is 3.24. The van der Waals surface area contributed by atoms with Crippen LogP contribution in [0.1, 0.15) is 30.0 Å². The fourth-order valence-corrected chi connectivity index (χ4v) is 3.07. The predicted molar refractivity (Wildman–Crippen MR) is 81.8 cm³/mol. The highest BCUT2D eigenvalue weighted by molar-refractivity contribution is 5.28. The van der Waals surface area contributed by atoms with Crippen molar-refractivity contribution >= 4 is 0 Å². The largest absolute Gasteiger partial charge is 0.497 e. The highest BCUT2D eigenvalue weighted by Crippen LogP contribution is 2.33. The van der Waals surface area contributed by atoms with E-state index in [-0.39, 0.29) is 5.82 Å². The summed E-state index contributed by atoms with van der Waals surface area (Å²) in [5.41, 5.74) is 2.35. The first kappa shape index (κ1) is 14.1. The molecule has 1 heterocycles. The number of benzene rings is 2. The topological polar surface area (TPSA) is 12.5 Å². The number of hydrogen-bond donors (Lipinski definition) is 0. The molecule has 0 amide bonds. The van der Waals surface area contributed by atoms with E-state index in [4.69, 9.17) is 4.74 Å². The van der Waals surface area contributed by atoms with Crippen molar-refractivity contribution in [1.82, 2.24) is 4.90 Å². The van der Waals surface area contributed by atoms with Crippen LogP contribution < -0.4 is 4.74 Å². The van der Waals surface area contributed by atoms with E-state index in [0.717, 1.165) is 37.2 Å². The minimum absolute atomic E-state index is 0.149. The van der Waals surface area contributed by atoms with Crippen molar-refractivity contribution in [3.8, 4) is 5.75 Å². The molecule has 0 unspecified atom stereocenters. The van der Waals surface area contributed by atoms with Crippen molar-refractivity contribution in [2.45, 2.75) is 25.4 Å². The zero-order chi connectivity index (χ0) is 14.7. The molecular weight excluding hydrogens is 265 g/mol. The lowest BCUT2D eigenvalue weighted by atomic mass is 10.0. The van der Waals surface area contributed by atoms with Gasteiger partial charge in [0.2, 0.25) is 0 Å². The van der Waals surface area contributed by atoms with E-state index in [1.165, 1.54) is 11.6 Å². The molecule has 0 saturated carbocycles. The van der Waals surface area contributed by atoms with Crippen LogP contribution in [0, 0.1) is 5.82 Å². The molecule has 0 N–H and O–H groups in total. The summed E-state index contributed by atoms with van der Waals surface area (Å²) in [6.45, 7) is 1.96. The molecule has 0 radical (unpaired) electrons. The Hall–Kier alpha value is -1.87. The normalized spacial score (nSPS) is 18.9. The van der Waals surface area contributed by atoms with Crippen LogP contribution in [0.3, 0.4) is 0 Å². The van der Waals surface area contributed by atoms with Crippen molar-refractivity contribution in [2.24, 2.45) is 0 Å². The minimum atomic E-state index is -0.149. The second-order valence-corrected chi connectivity index (χ2v) is 5.53. The fraction of sp³-hybridized carbons (Fsp3) is 0.333. The van der Waals surface area contributed by atoms with E-state index in [0.29, 0.717) is 6.04 Å². The third-order valence-corrected chi connectivity index (χ3v) is 4.14. The number of halogens is 1. The summed E-state index contributed by atoms with van der Waals surface area (Å²) in [6, 6.07) is 15.5. The molecule has 1 atom stereocenters. The van der Waals surface area contributed by atoms with E-state index in [1.807, 2.05) is 18.2 Å². The molecule has 21 heavy (non-hydrogen) atoms. The van der Waals surface area contributed by atoms with Gasteiger partial charge in [-0.1, -0.05) is 24.3 Å². The Morgan fingerprint density at radius 3 is 2.71 bits per heavy atom. The summed E-state index contributed by atoms with van der Waals surface area (Å²) >= 11 is 0. The monoisotopic (exact) mass is 285 g/mol. The maximum atomic E-state index is 13.4. The number of ether oxygens (including phenoxy) is 1. The average Bonchev–Trinajstić information content (AvgIpc) is 2.96. The smallest absolute Gasteiger partial charge is 0.123 e. The number of nitrogens with zero attached hydrogens (tertiary/aromatic N) is 1. The van der Waals surface area contributed by atoms with Gasteiger partial charge in [0.25, 0.3) is 0 Å². The molecular formula is C18H20FNO. The van der Waals surface area contributed by atoms with Gasteiger partial charge in [0, 0.05) is 12.6 Å². The molecule has 3 heteroatoms. The summed E-state index contributed by atoms with van der Waals surface area (Å²) in [5, 5.41) is 0. The molecule has 0 aliphatic carbocycles. The molecule has 0 spiro atoms.